The molecule has 0 saturated carbocycles. The van der Waals surface area contributed by atoms with Crippen molar-refractivity contribution in [3.63, 3.8) is 0 Å². The molecule has 0 saturated heterocycles. The molecule has 0 aliphatic carbocycles. The largest absolute Gasteiger partial charge is 0.455 e. The zero-order valence-corrected chi connectivity index (χ0v) is 3.75. The minimum absolute atomic E-state index is 0.731. The van der Waals surface area contributed by atoms with Gasteiger partial charge in [0.2, 0.25) is 0 Å². The summed E-state index contributed by atoms with van der Waals surface area (Å²) >= 11 is 0. The first kappa shape index (κ1) is 4.50. The standard InChI is InChI=1S/C3H2N4O/c4-1-2(7-6)3(5)8/h(H2,5,8)/i/hD. The molecule has 8 heavy (non-hydrogen) atoms. The molecular formula is C3H2N4O. The third-order valence-electron chi connectivity index (χ3n) is 0.421. The van der Waals surface area contributed by atoms with Gasteiger partial charge >= 0.3 is 11.6 Å². The number of rotatable bonds is 1. The number of hydrogen-bond donors (Lipinski definition) is 1. The monoisotopic (exact) mass is 111 g/mol. The molecule has 0 bridgehead atoms. The molecule has 5 nitrogen and oxygen atoms in total. The highest BCUT2D eigenvalue weighted by molar-refractivity contribution is 6.42. The Balaban J connectivity index is 4.39. The third-order valence-corrected chi connectivity index (χ3v) is 0.421. The van der Waals surface area contributed by atoms with Crippen molar-refractivity contribution in [3.05, 3.63) is 5.53 Å². The summed E-state index contributed by atoms with van der Waals surface area (Å²) in [7, 11) is 0. The van der Waals surface area contributed by atoms with Crippen LogP contribution in [0, 0.1) is 11.3 Å². The number of nitriles is 1. The van der Waals surface area contributed by atoms with Crippen molar-refractivity contribution < 1.29 is 11.0 Å². The number of nitrogens with zero attached hydrogens (tertiary/aromatic N) is 3. The van der Waals surface area contributed by atoms with Crippen LogP contribution >= 0.6 is 0 Å². The predicted octanol–water partition coefficient (Wildman–Crippen LogP) is -1.33. The number of primary amides is 1. The van der Waals surface area contributed by atoms with Gasteiger partial charge in [0, 0.05) is 0 Å². The summed E-state index contributed by atoms with van der Waals surface area (Å²) in [5, 5.41) is 7.94. The molecule has 2 N–H and O–H groups in total. The Morgan fingerprint density at radius 3 is 2.88 bits per heavy atom. The highest BCUT2D eigenvalue weighted by Crippen LogP contribution is 1.60. The van der Waals surface area contributed by atoms with Crippen LogP contribution in [-0.4, -0.2) is 16.4 Å². The quantitative estimate of drug-likeness (QED) is 0.257. The highest BCUT2D eigenvalue weighted by Gasteiger charge is 2.12. The lowest BCUT2D eigenvalue weighted by Gasteiger charge is -1.68. The molecule has 40 valence electrons. The SMILES string of the molecule is [2H]NC(=O)C(C#N)=[N+]=[N-]. The van der Waals surface area contributed by atoms with Gasteiger partial charge in [-0.1, -0.05) is 0 Å². The molecule has 0 aromatic rings. The molecule has 0 aliphatic rings. The smallest absolute Gasteiger partial charge is 0.360 e. The second-order valence-electron chi connectivity index (χ2n) is 0.890. The summed E-state index contributed by atoms with van der Waals surface area (Å²) < 4.78 is 6.20. The van der Waals surface area contributed by atoms with Gasteiger partial charge in [0.05, 0.1) is 0 Å². The molecule has 0 rings (SSSR count). The lowest BCUT2D eigenvalue weighted by molar-refractivity contribution is -0.115. The van der Waals surface area contributed by atoms with Crippen molar-refractivity contribution in [2.75, 3.05) is 0 Å². The second kappa shape index (κ2) is 2.50. The maximum absolute atomic E-state index is 10.2. The molecule has 5 heteroatoms. The van der Waals surface area contributed by atoms with Crippen LogP contribution in [0.5, 0.6) is 0 Å². The van der Waals surface area contributed by atoms with Crippen LogP contribution in [0.2, 0.25) is 1.41 Å². The zero-order chi connectivity index (χ0) is 7.28. The van der Waals surface area contributed by atoms with E-state index in [1.54, 1.807) is 0 Å². The van der Waals surface area contributed by atoms with Gasteiger partial charge in [0.25, 0.3) is 0 Å². The molecule has 1 amide bonds. The fourth-order valence-corrected chi connectivity index (χ4v) is 0.119. The molecule has 0 unspecified atom stereocenters. The van der Waals surface area contributed by atoms with E-state index in [0.29, 0.717) is 0 Å². The van der Waals surface area contributed by atoms with Gasteiger partial charge in [-0.3, -0.25) is 4.79 Å². The van der Waals surface area contributed by atoms with Crippen molar-refractivity contribution >= 4 is 11.6 Å². The number of carbonyl (C=O) groups is 1. The summed E-state index contributed by atoms with van der Waals surface area (Å²) in [4.78, 5) is 12.5. The molecule has 0 spiro atoms. The molecule has 0 aliphatic heterocycles. The lowest BCUT2D eigenvalue weighted by atomic mass is 10.4. The van der Waals surface area contributed by atoms with E-state index in [2.05, 4.69) is 4.79 Å². The fourth-order valence-electron chi connectivity index (χ4n) is 0.119. The first-order valence-electron chi connectivity index (χ1n) is 2.10. The maximum Gasteiger partial charge on any atom is 0.455 e. The Bertz CT molecular complexity index is 210. The van der Waals surface area contributed by atoms with Gasteiger partial charge in [-0.05, 0) is 0 Å². The van der Waals surface area contributed by atoms with Crippen molar-refractivity contribution in [2.24, 2.45) is 5.73 Å². The molecule has 0 atom stereocenters. The van der Waals surface area contributed by atoms with E-state index in [1.807, 2.05) is 0 Å². The number of amides is 1. The Morgan fingerprint density at radius 1 is 2.12 bits per heavy atom. The van der Waals surface area contributed by atoms with E-state index in [4.69, 9.17) is 12.2 Å². The van der Waals surface area contributed by atoms with Crippen LogP contribution in [0.15, 0.2) is 0 Å². The van der Waals surface area contributed by atoms with Gasteiger partial charge in [-0.25, -0.2) is 0 Å². The molecule has 0 aromatic carbocycles. The van der Waals surface area contributed by atoms with Crippen molar-refractivity contribution in [3.8, 4) is 6.07 Å². The van der Waals surface area contributed by atoms with Crippen LogP contribution in [0.3, 0.4) is 0 Å². The number of hydrogen-bond acceptors (Lipinski definition) is 2. The minimum atomic E-state index is -1.03. The average molecular weight is 111 g/mol. The first-order chi connectivity index (χ1) is 4.26. The van der Waals surface area contributed by atoms with Gasteiger partial charge < -0.3 is 11.3 Å². The van der Waals surface area contributed by atoms with E-state index >= 15 is 0 Å². The van der Waals surface area contributed by atoms with Gasteiger partial charge in [0.1, 0.15) is 0 Å². The Kier molecular flexibility index (Phi) is 1.41. The Hall–Kier alpha value is -1.66. The van der Waals surface area contributed by atoms with Crippen molar-refractivity contribution in [2.45, 2.75) is 0 Å². The Labute approximate surface area is 46.4 Å². The van der Waals surface area contributed by atoms with Crippen LogP contribution in [0.25, 0.3) is 5.53 Å². The van der Waals surface area contributed by atoms with E-state index in [9.17, 15) is 4.79 Å². The fraction of sp³-hybridized carbons (Fsp3) is 0. The Morgan fingerprint density at radius 2 is 2.75 bits per heavy atom. The maximum atomic E-state index is 10.2. The van der Waals surface area contributed by atoms with Crippen LogP contribution in [0.4, 0.5) is 0 Å². The van der Waals surface area contributed by atoms with Gasteiger partial charge in [-0.2, -0.15) is 5.26 Å². The van der Waals surface area contributed by atoms with Crippen molar-refractivity contribution in [1.82, 2.24) is 0 Å². The first-order valence-corrected chi connectivity index (χ1v) is 1.60. The summed E-state index contributed by atoms with van der Waals surface area (Å²) in [6.45, 7) is 0. The second-order valence-corrected chi connectivity index (χ2v) is 0.890. The highest BCUT2D eigenvalue weighted by atomic mass is 16.1. The van der Waals surface area contributed by atoms with Gasteiger partial charge in [-0.15, -0.1) is 4.79 Å². The number of carbonyl (C=O) groups excluding carboxylic acids is 1. The van der Waals surface area contributed by atoms with E-state index in [0.717, 1.165) is 0 Å². The van der Waals surface area contributed by atoms with Gasteiger partial charge in [0.15, 0.2) is 7.48 Å². The normalized spacial score (nSPS) is 7.62. The lowest BCUT2D eigenvalue weighted by Crippen LogP contribution is -2.22. The molecule has 0 radical (unpaired) electrons. The average Bonchev–Trinajstić information content (AvgIpc) is 1.90. The topological polar surface area (TPSA) is 103 Å². The molecule has 0 fully saturated rings. The summed E-state index contributed by atoms with van der Waals surface area (Å²) in [5.74, 6) is -1.03. The summed E-state index contributed by atoms with van der Waals surface area (Å²) in [5.41, 5.74) is 8.48. The summed E-state index contributed by atoms with van der Waals surface area (Å²) in [6, 6.07) is 1.27. The zero-order valence-electron chi connectivity index (χ0n) is 4.75. The summed E-state index contributed by atoms with van der Waals surface area (Å²) in [6.07, 6.45) is 0. The van der Waals surface area contributed by atoms with Crippen LogP contribution in [0.1, 0.15) is 0 Å². The molecule has 0 heterocycles. The third kappa shape index (κ3) is 1.20. The van der Waals surface area contributed by atoms with Crippen LogP contribution < -0.4 is 5.73 Å². The molecule has 0 aromatic heterocycles. The van der Waals surface area contributed by atoms with Crippen LogP contribution in [-0.2, 0) is 4.79 Å². The molecular weight excluding hydrogens is 108 g/mol. The van der Waals surface area contributed by atoms with E-state index in [1.165, 1.54) is 11.8 Å². The number of nitrogens with two attached hydrogens (primary N) is 1. The van der Waals surface area contributed by atoms with E-state index in [-0.39, 0.29) is 0 Å². The van der Waals surface area contributed by atoms with E-state index < -0.39 is 11.6 Å². The predicted molar refractivity (Wildman–Crippen MR) is 23.4 cm³/mol. The minimum Gasteiger partial charge on any atom is -0.360 e. The van der Waals surface area contributed by atoms with Crippen molar-refractivity contribution in [1.29, 1.82) is 5.26 Å².